The lowest BCUT2D eigenvalue weighted by Gasteiger charge is -2.33. The predicted octanol–water partition coefficient (Wildman–Crippen LogP) is 2.87. The minimum Gasteiger partial charge on any atom is -0.372 e. The maximum Gasteiger partial charge on any atom is 0.416 e. The molecule has 1 atom stereocenters. The third-order valence-electron chi connectivity index (χ3n) is 3.05. The Hall–Kier alpha value is -1.72. The number of amides is 1. The van der Waals surface area contributed by atoms with Crippen molar-refractivity contribution in [1.82, 2.24) is 0 Å². The van der Waals surface area contributed by atoms with E-state index in [-0.39, 0.29) is 17.6 Å². The first-order valence-electron chi connectivity index (χ1n) is 5.60. The number of alkyl halides is 3. The first kappa shape index (κ1) is 12.7. The number of rotatable bonds is 1. The summed E-state index contributed by atoms with van der Waals surface area (Å²) < 4.78 is 37.8. The van der Waals surface area contributed by atoms with Crippen LogP contribution in [0.15, 0.2) is 18.2 Å². The van der Waals surface area contributed by atoms with Crippen LogP contribution in [0, 0.1) is 0 Å². The number of hydrogen-bond donors (Lipinski definition) is 1. The number of benzene rings is 1. The van der Waals surface area contributed by atoms with Gasteiger partial charge in [-0.05, 0) is 24.6 Å². The van der Waals surface area contributed by atoms with Gasteiger partial charge >= 0.3 is 6.18 Å². The molecule has 98 valence electrons. The topological polar surface area (TPSA) is 32.3 Å². The van der Waals surface area contributed by atoms with E-state index in [0.717, 1.165) is 12.1 Å². The van der Waals surface area contributed by atoms with Gasteiger partial charge in [0.1, 0.15) is 6.04 Å². The van der Waals surface area contributed by atoms with Crippen LogP contribution in [0.5, 0.6) is 0 Å². The first-order chi connectivity index (χ1) is 8.34. The van der Waals surface area contributed by atoms with E-state index in [1.54, 1.807) is 0 Å². The predicted molar refractivity (Wildman–Crippen MR) is 62.6 cm³/mol. The van der Waals surface area contributed by atoms with Gasteiger partial charge in [-0.15, -0.1) is 0 Å². The third kappa shape index (κ3) is 2.02. The number of nitrogens with one attached hydrogen (secondary N) is 1. The molecule has 0 saturated heterocycles. The number of carbonyl (C=O) groups is 1. The second kappa shape index (κ2) is 4.19. The fourth-order valence-corrected chi connectivity index (χ4v) is 1.99. The summed E-state index contributed by atoms with van der Waals surface area (Å²) >= 11 is 0. The Kier molecular flexibility index (Phi) is 2.96. The fourth-order valence-electron chi connectivity index (χ4n) is 1.99. The summed E-state index contributed by atoms with van der Waals surface area (Å²) in [7, 11) is 1.49. The van der Waals surface area contributed by atoms with Crippen LogP contribution >= 0.6 is 0 Å². The number of anilines is 2. The Morgan fingerprint density at radius 3 is 2.61 bits per heavy atom. The van der Waals surface area contributed by atoms with E-state index in [9.17, 15) is 18.0 Å². The molecule has 0 spiro atoms. The molecule has 1 aromatic carbocycles. The molecule has 0 aromatic heterocycles. The van der Waals surface area contributed by atoms with Crippen molar-refractivity contribution >= 4 is 17.3 Å². The van der Waals surface area contributed by atoms with Gasteiger partial charge in [0.2, 0.25) is 5.91 Å². The van der Waals surface area contributed by atoms with E-state index in [1.165, 1.54) is 18.0 Å². The van der Waals surface area contributed by atoms with Crippen LogP contribution in [-0.2, 0) is 11.0 Å². The number of halogens is 3. The lowest BCUT2D eigenvalue weighted by Crippen LogP contribution is -2.44. The van der Waals surface area contributed by atoms with Gasteiger partial charge in [-0.1, -0.05) is 6.92 Å². The molecule has 3 nitrogen and oxygen atoms in total. The second-order valence-corrected chi connectivity index (χ2v) is 4.23. The number of hydrogen-bond acceptors (Lipinski definition) is 2. The molecule has 1 aromatic rings. The molecule has 1 unspecified atom stereocenters. The van der Waals surface area contributed by atoms with Crippen molar-refractivity contribution in [2.75, 3.05) is 17.3 Å². The molecule has 0 aliphatic carbocycles. The quantitative estimate of drug-likeness (QED) is 0.840. The van der Waals surface area contributed by atoms with Gasteiger partial charge in [0.15, 0.2) is 0 Å². The zero-order chi connectivity index (χ0) is 13.5. The Bertz CT molecular complexity index is 485. The normalized spacial score (nSPS) is 19.5. The average Bonchev–Trinajstić information content (AvgIpc) is 2.32. The van der Waals surface area contributed by atoms with E-state index < -0.39 is 11.7 Å². The molecule has 6 heteroatoms. The molecule has 1 heterocycles. The van der Waals surface area contributed by atoms with Crippen molar-refractivity contribution < 1.29 is 18.0 Å². The molecular formula is C12H13F3N2O. The van der Waals surface area contributed by atoms with Gasteiger partial charge in [0, 0.05) is 7.05 Å². The Balaban J connectivity index is 2.46. The summed E-state index contributed by atoms with van der Waals surface area (Å²) in [6.45, 7) is 1.85. The van der Waals surface area contributed by atoms with Crippen LogP contribution in [0.4, 0.5) is 24.5 Å². The van der Waals surface area contributed by atoms with Gasteiger partial charge < -0.3 is 10.2 Å². The van der Waals surface area contributed by atoms with Crippen molar-refractivity contribution in [2.24, 2.45) is 0 Å². The highest BCUT2D eigenvalue weighted by molar-refractivity contribution is 6.04. The lowest BCUT2D eigenvalue weighted by atomic mass is 10.1. The van der Waals surface area contributed by atoms with Crippen LogP contribution in [0.1, 0.15) is 18.9 Å². The van der Waals surface area contributed by atoms with Crippen molar-refractivity contribution in [1.29, 1.82) is 0 Å². The second-order valence-electron chi connectivity index (χ2n) is 4.23. The Morgan fingerprint density at radius 1 is 1.39 bits per heavy atom. The van der Waals surface area contributed by atoms with E-state index in [2.05, 4.69) is 5.32 Å². The van der Waals surface area contributed by atoms with Crippen LogP contribution in [0.2, 0.25) is 0 Å². The number of fused-ring (bicyclic) bond motifs is 1. The van der Waals surface area contributed by atoms with E-state index in [1.807, 2.05) is 6.92 Å². The molecule has 1 aliphatic heterocycles. The summed E-state index contributed by atoms with van der Waals surface area (Å²) in [6, 6.07) is 3.00. The summed E-state index contributed by atoms with van der Waals surface area (Å²) in [5, 5.41) is 2.95. The van der Waals surface area contributed by atoms with Crippen LogP contribution in [0.3, 0.4) is 0 Å². The maximum atomic E-state index is 12.6. The van der Waals surface area contributed by atoms with Gasteiger partial charge in [-0.2, -0.15) is 13.2 Å². The van der Waals surface area contributed by atoms with Crippen molar-refractivity contribution in [3.63, 3.8) is 0 Å². The Morgan fingerprint density at radius 2 is 2.06 bits per heavy atom. The third-order valence-corrected chi connectivity index (χ3v) is 3.05. The summed E-state index contributed by atoms with van der Waals surface area (Å²) in [5.41, 5.74) is 0.0640. The largest absolute Gasteiger partial charge is 0.416 e. The van der Waals surface area contributed by atoms with Crippen molar-refractivity contribution in [3.05, 3.63) is 23.8 Å². The van der Waals surface area contributed by atoms with E-state index in [0.29, 0.717) is 12.1 Å². The minimum absolute atomic E-state index is 0.218. The SMILES string of the molecule is CCC1Nc2ccc(C(F)(F)F)cc2N(C)C1=O. The number of carbonyl (C=O) groups excluding carboxylic acids is 1. The van der Waals surface area contributed by atoms with Gasteiger partial charge in [0.25, 0.3) is 0 Å². The number of nitrogens with zero attached hydrogens (tertiary/aromatic N) is 1. The van der Waals surface area contributed by atoms with Crippen LogP contribution in [-0.4, -0.2) is 19.0 Å². The van der Waals surface area contributed by atoms with Crippen LogP contribution < -0.4 is 10.2 Å². The van der Waals surface area contributed by atoms with Gasteiger partial charge in [-0.3, -0.25) is 4.79 Å². The average molecular weight is 258 g/mol. The molecular weight excluding hydrogens is 245 g/mol. The number of likely N-dealkylation sites (N-methyl/N-ethyl adjacent to an activating group) is 1. The highest BCUT2D eigenvalue weighted by Crippen LogP contribution is 2.37. The van der Waals surface area contributed by atoms with Gasteiger partial charge in [0.05, 0.1) is 16.9 Å². The first-order valence-corrected chi connectivity index (χ1v) is 5.60. The maximum absolute atomic E-state index is 12.6. The van der Waals surface area contributed by atoms with Crippen molar-refractivity contribution in [3.8, 4) is 0 Å². The molecule has 2 rings (SSSR count). The zero-order valence-electron chi connectivity index (χ0n) is 10.0. The van der Waals surface area contributed by atoms with Crippen LogP contribution in [0.25, 0.3) is 0 Å². The Labute approximate surface area is 103 Å². The monoisotopic (exact) mass is 258 g/mol. The fraction of sp³-hybridized carbons (Fsp3) is 0.417. The zero-order valence-corrected chi connectivity index (χ0v) is 10.0. The van der Waals surface area contributed by atoms with Crippen molar-refractivity contribution in [2.45, 2.75) is 25.6 Å². The molecule has 1 N–H and O–H groups in total. The standard InChI is InChI=1S/C12H13F3N2O/c1-3-8-11(18)17(2)10-6-7(12(13,14)15)4-5-9(10)16-8/h4-6,8,16H,3H2,1-2H3. The molecule has 0 fully saturated rings. The van der Waals surface area contributed by atoms with Gasteiger partial charge in [-0.25, -0.2) is 0 Å². The summed E-state index contributed by atoms with van der Waals surface area (Å²) in [5.74, 6) is -0.218. The smallest absolute Gasteiger partial charge is 0.372 e. The molecule has 0 saturated carbocycles. The molecule has 1 aliphatic rings. The lowest BCUT2D eigenvalue weighted by molar-refractivity contribution is -0.137. The highest BCUT2D eigenvalue weighted by Gasteiger charge is 2.34. The minimum atomic E-state index is -4.40. The summed E-state index contributed by atoms with van der Waals surface area (Å²) in [6.07, 6.45) is -3.82. The van der Waals surface area contributed by atoms with E-state index in [4.69, 9.17) is 0 Å². The molecule has 18 heavy (non-hydrogen) atoms. The van der Waals surface area contributed by atoms with E-state index >= 15 is 0 Å². The molecule has 1 amide bonds. The summed E-state index contributed by atoms with van der Waals surface area (Å²) in [4.78, 5) is 13.1. The molecule has 0 bridgehead atoms. The highest BCUT2D eigenvalue weighted by atomic mass is 19.4. The molecule has 0 radical (unpaired) electrons.